The second-order valence-electron chi connectivity index (χ2n) is 6.65. The minimum Gasteiger partial charge on any atom is -0.494 e. The Hall–Kier alpha value is -3.07. The monoisotopic (exact) mass is 369 g/mol. The molecule has 2 aromatic rings. The largest absolute Gasteiger partial charge is 0.494 e. The molecule has 1 saturated heterocycles. The number of hydrogen-bond acceptors (Lipinski definition) is 7. The highest BCUT2D eigenvalue weighted by atomic mass is 16.5. The van der Waals surface area contributed by atoms with Gasteiger partial charge in [-0.05, 0) is 19.2 Å². The van der Waals surface area contributed by atoms with Gasteiger partial charge in [0.05, 0.1) is 12.8 Å². The first-order valence-corrected chi connectivity index (χ1v) is 8.91. The van der Waals surface area contributed by atoms with Crippen molar-refractivity contribution in [2.45, 2.75) is 6.54 Å². The smallest absolute Gasteiger partial charge is 0.342 e. The van der Waals surface area contributed by atoms with E-state index < -0.39 is 0 Å². The van der Waals surface area contributed by atoms with Crippen LogP contribution in [0.25, 0.3) is 0 Å². The lowest BCUT2D eigenvalue weighted by Crippen LogP contribution is -2.48. The molecule has 1 fully saturated rings. The van der Waals surface area contributed by atoms with Gasteiger partial charge in [-0.15, -0.1) is 0 Å². The molecule has 9 nitrogen and oxygen atoms in total. The third-order valence-electron chi connectivity index (χ3n) is 4.90. The number of aromatic nitrogens is 2. The summed E-state index contributed by atoms with van der Waals surface area (Å²) in [4.78, 5) is 25.3. The van der Waals surface area contributed by atoms with Crippen molar-refractivity contribution >= 4 is 23.2 Å². The Labute approximate surface area is 157 Å². The van der Waals surface area contributed by atoms with Crippen molar-refractivity contribution in [3.63, 3.8) is 0 Å². The minimum absolute atomic E-state index is 0.272. The number of urea groups is 1. The molecule has 1 aromatic heterocycles. The lowest BCUT2D eigenvalue weighted by atomic mass is 10.2. The van der Waals surface area contributed by atoms with Crippen LogP contribution in [0, 0.1) is 0 Å². The van der Waals surface area contributed by atoms with E-state index in [0.29, 0.717) is 23.8 Å². The van der Waals surface area contributed by atoms with E-state index in [1.54, 1.807) is 13.3 Å². The summed E-state index contributed by atoms with van der Waals surface area (Å²) in [5, 5.41) is 4.19. The van der Waals surface area contributed by atoms with E-state index >= 15 is 0 Å². The highest BCUT2D eigenvalue weighted by molar-refractivity contribution is 5.95. The Morgan fingerprint density at radius 2 is 2.04 bits per heavy atom. The summed E-state index contributed by atoms with van der Waals surface area (Å²) in [7, 11) is 3.76. The number of nitrogens with zero attached hydrogens (tertiary/aromatic N) is 5. The van der Waals surface area contributed by atoms with Crippen LogP contribution in [0.3, 0.4) is 0 Å². The maximum absolute atomic E-state index is 12.3. The minimum atomic E-state index is -0.272. The summed E-state index contributed by atoms with van der Waals surface area (Å²) < 4.78 is 5.57. The van der Waals surface area contributed by atoms with Gasteiger partial charge in [-0.2, -0.15) is 5.01 Å². The Kier molecular flexibility index (Phi) is 4.68. The predicted octanol–water partition coefficient (Wildman–Crippen LogP) is 1.29. The highest BCUT2D eigenvalue weighted by Gasteiger charge is 2.26. The zero-order valence-corrected chi connectivity index (χ0v) is 15.5. The number of methoxy groups -OCH3 is 1. The van der Waals surface area contributed by atoms with E-state index in [9.17, 15) is 4.79 Å². The lowest BCUT2D eigenvalue weighted by molar-refractivity contribution is 0.245. The molecule has 0 radical (unpaired) electrons. The molecule has 1 aromatic carbocycles. The van der Waals surface area contributed by atoms with Gasteiger partial charge in [0.1, 0.15) is 12.1 Å². The van der Waals surface area contributed by atoms with Crippen molar-refractivity contribution < 1.29 is 9.53 Å². The van der Waals surface area contributed by atoms with Gasteiger partial charge in [0, 0.05) is 56.2 Å². The fourth-order valence-corrected chi connectivity index (χ4v) is 3.28. The molecule has 0 aliphatic carbocycles. The van der Waals surface area contributed by atoms with Crippen LogP contribution in [0.5, 0.6) is 5.75 Å². The summed E-state index contributed by atoms with van der Waals surface area (Å²) in [6, 6.07) is 5.69. The van der Waals surface area contributed by atoms with Gasteiger partial charge >= 0.3 is 6.03 Å². The number of carbonyl (C=O) groups excluding carboxylic acids is 1. The number of hydrogen-bond donors (Lipinski definition) is 2. The quantitative estimate of drug-likeness (QED) is 0.840. The second kappa shape index (κ2) is 7.28. The number of fused-ring (bicyclic) bond motifs is 1. The number of ether oxygens (including phenoxy) is 1. The molecular weight excluding hydrogens is 346 g/mol. The third-order valence-corrected chi connectivity index (χ3v) is 4.90. The maximum atomic E-state index is 12.3. The van der Waals surface area contributed by atoms with Gasteiger partial charge in [-0.3, -0.25) is 5.43 Å². The average molecular weight is 369 g/mol. The average Bonchev–Trinajstić information content (AvgIpc) is 2.71. The molecule has 0 spiro atoms. The molecule has 2 N–H and O–H groups in total. The van der Waals surface area contributed by atoms with Crippen LogP contribution in [-0.4, -0.2) is 61.2 Å². The van der Waals surface area contributed by atoms with Crippen LogP contribution in [0.1, 0.15) is 5.56 Å². The van der Waals surface area contributed by atoms with Crippen LogP contribution in [-0.2, 0) is 6.54 Å². The number of hydrazine groups is 1. The molecular formula is C18H23N7O2. The molecule has 3 heterocycles. The number of nitrogens with one attached hydrogen (secondary N) is 2. The van der Waals surface area contributed by atoms with E-state index in [1.807, 2.05) is 18.2 Å². The van der Waals surface area contributed by atoms with E-state index in [4.69, 9.17) is 4.74 Å². The van der Waals surface area contributed by atoms with E-state index in [1.165, 1.54) is 11.3 Å². The first-order chi connectivity index (χ1) is 13.2. The summed E-state index contributed by atoms with van der Waals surface area (Å²) >= 11 is 0. The normalized spacial score (nSPS) is 17.3. The SMILES string of the molecule is COc1cc(N2CCN(C)CC2)ccc1NN1C(=O)NCc2cncnc21. The van der Waals surface area contributed by atoms with Crippen LogP contribution in [0.15, 0.2) is 30.7 Å². The first-order valence-electron chi connectivity index (χ1n) is 8.91. The van der Waals surface area contributed by atoms with Crippen molar-refractivity contribution in [1.29, 1.82) is 0 Å². The standard InChI is InChI=1S/C18H23N7O2/c1-23-5-7-24(8-6-23)14-3-4-15(16(9-14)27-2)22-25-17-13(10-19-12-21-17)11-20-18(25)26/h3-4,9-10,12,22H,5-8,11H2,1-2H3,(H,20,26). The summed E-state index contributed by atoms with van der Waals surface area (Å²) in [6.07, 6.45) is 3.13. The number of carbonyl (C=O) groups is 1. The number of anilines is 3. The van der Waals surface area contributed by atoms with Gasteiger partial charge in [0.2, 0.25) is 0 Å². The molecule has 0 saturated carbocycles. The molecule has 2 amide bonds. The molecule has 0 unspecified atom stereocenters. The molecule has 0 atom stereocenters. The van der Waals surface area contributed by atoms with Crippen molar-refractivity contribution in [2.24, 2.45) is 0 Å². The topological polar surface area (TPSA) is 85.9 Å². The Balaban J connectivity index is 1.58. The molecule has 4 rings (SSSR count). The third kappa shape index (κ3) is 3.45. The molecule has 142 valence electrons. The van der Waals surface area contributed by atoms with Crippen LogP contribution in [0.2, 0.25) is 0 Å². The number of rotatable bonds is 4. The fourth-order valence-electron chi connectivity index (χ4n) is 3.28. The molecule has 0 bridgehead atoms. The van der Waals surface area contributed by atoms with Crippen LogP contribution < -0.4 is 25.4 Å². The van der Waals surface area contributed by atoms with E-state index in [0.717, 1.165) is 37.4 Å². The van der Waals surface area contributed by atoms with Crippen molar-refractivity contribution in [3.05, 3.63) is 36.3 Å². The van der Waals surface area contributed by atoms with Gasteiger partial charge in [-0.25, -0.2) is 14.8 Å². The second-order valence-corrected chi connectivity index (χ2v) is 6.65. The van der Waals surface area contributed by atoms with Crippen molar-refractivity contribution in [3.8, 4) is 5.75 Å². The van der Waals surface area contributed by atoms with Crippen LogP contribution >= 0.6 is 0 Å². The van der Waals surface area contributed by atoms with Gasteiger partial charge < -0.3 is 19.9 Å². The zero-order chi connectivity index (χ0) is 18.8. The summed E-state index contributed by atoms with van der Waals surface area (Å²) in [5.74, 6) is 1.21. The zero-order valence-electron chi connectivity index (χ0n) is 15.5. The van der Waals surface area contributed by atoms with Crippen LogP contribution in [0.4, 0.5) is 22.0 Å². The molecule has 2 aliphatic rings. The molecule has 2 aliphatic heterocycles. The maximum Gasteiger partial charge on any atom is 0.342 e. The number of likely N-dealkylation sites (N-methyl/N-ethyl adjacent to an activating group) is 1. The Morgan fingerprint density at radius 1 is 1.22 bits per heavy atom. The highest BCUT2D eigenvalue weighted by Crippen LogP contribution is 2.32. The van der Waals surface area contributed by atoms with Gasteiger partial charge in [-0.1, -0.05) is 0 Å². The summed E-state index contributed by atoms with van der Waals surface area (Å²) in [5.41, 5.74) is 5.77. The number of amides is 2. The van der Waals surface area contributed by atoms with Gasteiger partial charge in [0.15, 0.2) is 5.82 Å². The Bertz CT molecular complexity index is 836. The number of benzene rings is 1. The molecule has 27 heavy (non-hydrogen) atoms. The van der Waals surface area contributed by atoms with Gasteiger partial charge in [0.25, 0.3) is 0 Å². The predicted molar refractivity (Wildman–Crippen MR) is 103 cm³/mol. The number of piperazine rings is 1. The Morgan fingerprint density at radius 3 is 2.81 bits per heavy atom. The van der Waals surface area contributed by atoms with Crippen molar-refractivity contribution in [1.82, 2.24) is 20.2 Å². The van der Waals surface area contributed by atoms with E-state index in [-0.39, 0.29) is 6.03 Å². The first kappa shape index (κ1) is 17.3. The fraction of sp³-hybridized carbons (Fsp3) is 0.389. The molecule has 9 heteroatoms. The van der Waals surface area contributed by atoms with Crippen molar-refractivity contribution in [2.75, 3.05) is 55.7 Å². The lowest BCUT2D eigenvalue weighted by Gasteiger charge is -2.34. The summed E-state index contributed by atoms with van der Waals surface area (Å²) in [6.45, 7) is 4.43. The van der Waals surface area contributed by atoms with E-state index in [2.05, 4.69) is 37.6 Å².